The predicted molar refractivity (Wildman–Crippen MR) is 131 cm³/mol. The summed E-state index contributed by atoms with van der Waals surface area (Å²) in [6, 6.07) is 24.7. The van der Waals surface area contributed by atoms with Crippen molar-refractivity contribution in [1.29, 1.82) is 0 Å². The van der Waals surface area contributed by atoms with E-state index in [9.17, 15) is 9.59 Å². The first kappa shape index (κ1) is 22.8. The van der Waals surface area contributed by atoms with Gasteiger partial charge in [0.05, 0.1) is 12.8 Å². The summed E-state index contributed by atoms with van der Waals surface area (Å²) in [4.78, 5) is 29.9. The highest BCUT2D eigenvalue weighted by atomic mass is 16.6. The summed E-state index contributed by atoms with van der Waals surface area (Å²) in [6.45, 7) is 2.85. The molecule has 180 valence electrons. The molecular formula is C28H28N2O5. The van der Waals surface area contributed by atoms with E-state index in [-0.39, 0.29) is 13.2 Å². The Morgan fingerprint density at radius 3 is 2.09 bits per heavy atom. The molecule has 2 aliphatic heterocycles. The molecule has 3 aromatic rings. The van der Waals surface area contributed by atoms with Crippen LogP contribution >= 0.6 is 0 Å². The summed E-state index contributed by atoms with van der Waals surface area (Å²) < 4.78 is 16.8. The van der Waals surface area contributed by atoms with Crippen LogP contribution in [0.4, 0.5) is 15.3 Å². The number of carbonyl (C=O) groups is 2. The van der Waals surface area contributed by atoms with Gasteiger partial charge in [0.1, 0.15) is 25.1 Å². The van der Waals surface area contributed by atoms with Crippen LogP contribution in [-0.2, 0) is 28.1 Å². The van der Waals surface area contributed by atoms with Gasteiger partial charge in [0.15, 0.2) is 0 Å². The van der Waals surface area contributed by atoms with E-state index in [1.807, 2.05) is 78.9 Å². The van der Waals surface area contributed by atoms with E-state index in [1.165, 1.54) is 0 Å². The highest BCUT2D eigenvalue weighted by Gasteiger charge is 2.58. The molecule has 7 nitrogen and oxygen atoms in total. The van der Waals surface area contributed by atoms with Crippen molar-refractivity contribution < 1.29 is 23.8 Å². The first-order valence-corrected chi connectivity index (χ1v) is 11.7. The standard InChI is InChI=1S/C28H28N2O5/c1-28-15-16-29(26(31)34-18-20-9-5-3-6-10-20)25(28)30(24-14-13-22(33-2)17-23(24)28)27(32)35-19-21-11-7-4-8-12-21/h3-14,17,25H,15-16,18-19H2,1-2H3/t25-,28+/m1/s1. The van der Waals surface area contributed by atoms with Gasteiger partial charge in [-0.2, -0.15) is 0 Å². The van der Waals surface area contributed by atoms with Crippen LogP contribution in [0.2, 0.25) is 0 Å². The Kier molecular flexibility index (Phi) is 6.07. The molecule has 1 saturated heterocycles. The van der Waals surface area contributed by atoms with Gasteiger partial charge in [-0.25, -0.2) is 9.59 Å². The zero-order valence-electron chi connectivity index (χ0n) is 19.8. The Morgan fingerprint density at radius 2 is 1.49 bits per heavy atom. The number of methoxy groups -OCH3 is 1. The quantitative estimate of drug-likeness (QED) is 0.492. The summed E-state index contributed by atoms with van der Waals surface area (Å²) in [5, 5.41) is 0. The third-order valence-corrected chi connectivity index (χ3v) is 6.90. The lowest BCUT2D eigenvalue weighted by Crippen LogP contribution is -2.53. The van der Waals surface area contributed by atoms with Crippen molar-refractivity contribution in [2.24, 2.45) is 0 Å². The molecule has 0 radical (unpaired) electrons. The molecule has 2 aliphatic rings. The minimum absolute atomic E-state index is 0.142. The fourth-order valence-corrected chi connectivity index (χ4v) is 5.07. The molecule has 3 aromatic carbocycles. The second-order valence-electron chi connectivity index (χ2n) is 9.07. The third-order valence-electron chi connectivity index (χ3n) is 6.90. The van der Waals surface area contributed by atoms with Gasteiger partial charge in [-0.3, -0.25) is 9.80 Å². The summed E-state index contributed by atoms with van der Waals surface area (Å²) >= 11 is 0. The van der Waals surface area contributed by atoms with E-state index < -0.39 is 23.8 Å². The molecule has 0 spiro atoms. The van der Waals surface area contributed by atoms with Crippen LogP contribution in [0.3, 0.4) is 0 Å². The highest BCUT2D eigenvalue weighted by Crippen LogP contribution is 2.53. The smallest absolute Gasteiger partial charge is 0.416 e. The number of rotatable bonds is 5. The minimum Gasteiger partial charge on any atom is -0.497 e. The molecule has 35 heavy (non-hydrogen) atoms. The largest absolute Gasteiger partial charge is 0.497 e. The monoisotopic (exact) mass is 472 g/mol. The Balaban J connectivity index is 1.42. The van der Waals surface area contributed by atoms with Crippen molar-refractivity contribution in [2.45, 2.75) is 38.1 Å². The predicted octanol–water partition coefficient (Wildman–Crippen LogP) is 5.48. The summed E-state index contributed by atoms with van der Waals surface area (Å²) in [6.07, 6.45) is -0.836. The van der Waals surface area contributed by atoms with E-state index in [1.54, 1.807) is 16.9 Å². The molecule has 0 bridgehead atoms. The van der Waals surface area contributed by atoms with Gasteiger partial charge in [0.2, 0.25) is 0 Å². The molecule has 0 aliphatic carbocycles. The lowest BCUT2D eigenvalue weighted by molar-refractivity contribution is 0.0843. The Bertz CT molecular complexity index is 1220. The van der Waals surface area contributed by atoms with Crippen LogP contribution in [0.5, 0.6) is 5.75 Å². The fourth-order valence-electron chi connectivity index (χ4n) is 5.07. The van der Waals surface area contributed by atoms with E-state index >= 15 is 0 Å². The van der Waals surface area contributed by atoms with Crippen molar-refractivity contribution >= 4 is 17.9 Å². The van der Waals surface area contributed by atoms with E-state index in [0.717, 1.165) is 22.4 Å². The van der Waals surface area contributed by atoms with Crippen LogP contribution in [0.15, 0.2) is 78.9 Å². The molecule has 5 rings (SSSR count). The van der Waals surface area contributed by atoms with Gasteiger partial charge in [0, 0.05) is 12.0 Å². The van der Waals surface area contributed by atoms with Gasteiger partial charge < -0.3 is 14.2 Å². The molecule has 0 aromatic heterocycles. The Morgan fingerprint density at radius 1 is 0.886 bits per heavy atom. The normalized spacial score (nSPS) is 20.2. The number of nitrogens with zero attached hydrogens (tertiary/aromatic N) is 2. The lowest BCUT2D eigenvalue weighted by atomic mass is 9.81. The first-order chi connectivity index (χ1) is 17.0. The molecule has 0 saturated carbocycles. The maximum Gasteiger partial charge on any atom is 0.416 e. The van der Waals surface area contributed by atoms with Gasteiger partial charge >= 0.3 is 12.2 Å². The number of fused-ring (bicyclic) bond motifs is 3. The van der Waals surface area contributed by atoms with Crippen LogP contribution in [-0.4, -0.2) is 36.9 Å². The molecule has 2 amide bonds. The van der Waals surface area contributed by atoms with Crippen molar-refractivity contribution in [1.82, 2.24) is 4.90 Å². The van der Waals surface area contributed by atoms with Crippen LogP contribution in [0.1, 0.15) is 30.0 Å². The van der Waals surface area contributed by atoms with Crippen LogP contribution in [0, 0.1) is 0 Å². The lowest BCUT2D eigenvalue weighted by Gasteiger charge is -2.34. The number of benzene rings is 3. The van der Waals surface area contributed by atoms with Crippen molar-refractivity contribution in [3.8, 4) is 5.75 Å². The topological polar surface area (TPSA) is 68.3 Å². The maximum atomic E-state index is 13.5. The van der Waals surface area contributed by atoms with Crippen LogP contribution < -0.4 is 9.64 Å². The number of anilines is 1. The number of hydrogen-bond acceptors (Lipinski definition) is 5. The molecule has 2 heterocycles. The second-order valence-corrected chi connectivity index (χ2v) is 9.07. The summed E-state index contributed by atoms with van der Waals surface area (Å²) in [5.74, 6) is 0.702. The fraction of sp³-hybridized carbons (Fsp3) is 0.286. The third kappa shape index (κ3) is 4.18. The number of likely N-dealkylation sites (tertiary alicyclic amines) is 1. The van der Waals surface area contributed by atoms with Gasteiger partial charge in [-0.1, -0.05) is 67.6 Å². The Labute approximate surface area is 204 Å². The number of carbonyl (C=O) groups excluding carboxylic acids is 2. The van der Waals surface area contributed by atoms with Gasteiger partial charge in [0.25, 0.3) is 0 Å². The average molecular weight is 473 g/mol. The first-order valence-electron chi connectivity index (χ1n) is 11.7. The number of hydrogen-bond donors (Lipinski definition) is 0. The summed E-state index contributed by atoms with van der Waals surface area (Å²) in [7, 11) is 1.62. The molecule has 1 fully saturated rings. The average Bonchev–Trinajstić information content (AvgIpc) is 3.37. The zero-order valence-corrected chi connectivity index (χ0v) is 19.8. The molecule has 0 N–H and O–H groups in total. The van der Waals surface area contributed by atoms with E-state index in [2.05, 4.69) is 6.92 Å². The second kappa shape index (κ2) is 9.33. The zero-order chi connectivity index (χ0) is 24.4. The maximum absolute atomic E-state index is 13.5. The number of amides is 2. The molecule has 0 unspecified atom stereocenters. The van der Waals surface area contributed by atoms with E-state index in [0.29, 0.717) is 18.7 Å². The van der Waals surface area contributed by atoms with E-state index in [4.69, 9.17) is 14.2 Å². The van der Waals surface area contributed by atoms with Crippen molar-refractivity contribution in [3.05, 3.63) is 95.6 Å². The van der Waals surface area contributed by atoms with Crippen molar-refractivity contribution in [3.63, 3.8) is 0 Å². The molecular weight excluding hydrogens is 444 g/mol. The van der Waals surface area contributed by atoms with Gasteiger partial charge in [-0.15, -0.1) is 0 Å². The van der Waals surface area contributed by atoms with Crippen molar-refractivity contribution in [2.75, 3.05) is 18.6 Å². The highest BCUT2D eigenvalue weighted by molar-refractivity contribution is 5.94. The summed E-state index contributed by atoms with van der Waals surface area (Å²) in [5.41, 5.74) is 2.99. The van der Waals surface area contributed by atoms with Gasteiger partial charge in [-0.05, 0) is 41.3 Å². The SMILES string of the molecule is COc1ccc2c(c1)[C@]1(C)CCN(C(=O)OCc3ccccc3)[C@@H]1N2C(=O)OCc1ccccc1. The number of ether oxygens (including phenoxy) is 3. The minimum atomic E-state index is -0.559. The molecule has 7 heteroatoms. The Hall–Kier alpha value is -4.00. The molecule has 2 atom stereocenters. The van der Waals surface area contributed by atoms with Crippen LogP contribution in [0.25, 0.3) is 0 Å².